The van der Waals surface area contributed by atoms with E-state index in [-0.39, 0.29) is 0 Å². The number of H-pyrrole nitrogens is 1. The zero-order valence-electron chi connectivity index (χ0n) is 11.5. The molecule has 0 fully saturated rings. The first-order chi connectivity index (χ1) is 9.74. The number of hydrogen-bond donors (Lipinski definition) is 1. The Labute approximate surface area is 118 Å². The second-order valence-corrected chi connectivity index (χ2v) is 4.79. The largest absolute Gasteiger partial charge is 0.378 e. The highest BCUT2D eigenvalue weighted by molar-refractivity contribution is 5.82. The number of nitrogens with zero attached hydrogens (tertiary/aromatic N) is 2. The van der Waals surface area contributed by atoms with Crippen LogP contribution in [0.25, 0.3) is 11.0 Å². The summed E-state index contributed by atoms with van der Waals surface area (Å²) < 4.78 is 0. The van der Waals surface area contributed by atoms with Crippen molar-refractivity contribution < 1.29 is 0 Å². The fourth-order valence-electron chi connectivity index (χ4n) is 2.05. The number of hydrogen-bond acceptors (Lipinski definition) is 2. The van der Waals surface area contributed by atoms with Crippen LogP contribution in [0.4, 0.5) is 5.69 Å². The van der Waals surface area contributed by atoms with Gasteiger partial charge in [0.15, 0.2) is 0 Å². The van der Waals surface area contributed by atoms with Crippen LogP contribution in [0, 0.1) is 11.8 Å². The van der Waals surface area contributed by atoms with Gasteiger partial charge in [-0.2, -0.15) is 0 Å². The minimum absolute atomic E-state index is 0.875. The van der Waals surface area contributed by atoms with Gasteiger partial charge >= 0.3 is 0 Å². The molecule has 0 unspecified atom stereocenters. The van der Waals surface area contributed by atoms with E-state index in [1.54, 1.807) is 6.20 Å². The van der Waals surface area contributed by atoms with Crippen molar-refractivity contribution in [3.8, 4) is 11.8 Å². The van der Waals surface area contributed by atoms with Gasteiger partial charge in [-0.05, 0) is 36.4 Å². The van der Waals surface area contributed by atoms with Gasteiger partial charge in [-0.3, -0.25) is 0 Å². The van der Waals surface area contributed by atoms with Gasteiger partial charge in [-0.15, -0.1) is 0 Å². The number of fused-ring (bicyclic) bond motifs is 1. The first-order valence-corrected chi connectivity index (χ1v) is 6.45. The summed E-state index contributed by atoms with van der Waals surface area (Å²) in [6, 6.07) is 12.2. The lowest BCUT2D eigenvalue weighted by Gasteiger charge is -2.11. The Bertz CT molecular complexity index is 786. The van der Waals surface area contributed by atoms with Crippen LogP contribution in [-0.4, -0.2) is 24.1 Å². The second-order valence-electron chi connectivity index (χ2n) is 4.79. The smallest absolute Gasteiger partial charge is 0.138 e. The quantitative estimate of drug-likeness (QED) is 0.683. The number of anilines is 1. The topological polar surface area (TPSA) is 31.9 Å². The molecule has 0 amide bonds. The molecule has 0 atom stereocenters. The van der Waals surface area contributed by atoms with Crippen LogP contribution in [-0.2, 0) is 0 Å². The lowest BCUT2D eigenvalue weighted by atomic mass is 10.1. The minimum Gasteiger partial charge on any atom is -0.378 e. The van der Waals surface area contributed by atoms with Crippen LogP contribution in [0.3, 0.4) is 0 Å². The molecule has 0 spiro atoms. The highest BCUT2D eigenvalue weighted by atomic mass is 15.1. The predicted octanol–water partition coefficient (Wildman–Crippen LogP) is 3.03. The molecule has 0 bridgehead atoms. The van der Waals surface area contributed by atoms with E-state index in [4.69, 9.17) is 0 Å². The monoisotopic (exact) mass is 261 g/mol. The molecule has 2 aromatic heterocycles. The van der Waals surface area contributed by atoms with E-state index in [0.29, 0.717) is 0 Å². The van der Waals surface area contributed by atoms with Crippen LogP contribution in [0.15, 0.2) is 48.8 Å². The first kappa shape index (κ1) is 12.3. The molecule has 0 saturated carbocycles. The molecule has 98 valence electrons. The Morgan fingerprint density at radius 3 is 2.55 bits per heavy atom. The van der Waals surface area contributed by atoms with Crippen molar-refractivity contribution in [2.45, 2.75) is 0 Å². The number of rotatable bonds is 1. The highest BCUT2D eigenvalue weighted by Gasteiger charge is 1.99. The van der Waals surface area contributed by atoms with Crippen molar-refractivity contribution in [2.24, 2.45) is 0 Å². The van der Waals surface area contributed by atoms with E-state index in [1.807, 2.05) is 44.6 Å². The molecular weight excluding hydrogens is 246 g/mol. The Morgan fingerprint density at radius 2 is 1.80 bits per heavy atom. The third-order valence-corrected chi connectivity index (χ3v) is 3.19. The van der Waals surface area contributed by atoms with Crippen molar-refractivity contribution >= 4 is 16.7 Å². The van der Waals surface area contributed by atoms with Crippen LogP contribution in [0.2, 0.25) is 0 Å². The molecule has 1 aromatic carbocycles. The summed E-state index contributed by atoms with van der Waals surface area (Å²) in [6.45, 7) is 0. The lowest BCUT2D eigenvalue weighted by Crippen LogP contribution is -2.07. The average molecular weight is 261 g/mol. The highest BCUT2D eigenvalue weighted by Crippen LogP contribution is 2.15. The molecule has 2 heterocycles. The van der Waals surface area contributed by atoms with E-state index < -0.39 is 0 Å². The van der Waals surface area contributed by atoms with Crippen molar-refractivity contribution in [1.82, 2.24) is 9.97 Å². The van der Waals surface area contributed by atoms with Gasteiger partial charge in [0, 0.05) is 48.7 Å². The third kappa shape index (κ3) is 2.36. The number of pyridine rings is 1. The number of nitrogens with one attached hydrogen (secondary N) is 1. The van der Waals surface area contributed by atoms with Crippen molar-refractivity contribution in [2.75, 3.05) is 19.0 Å². The van der Waals surface area contributed by atoms with Gasteiger partial charge in [-0.1, -0.05) is 11.8 Å². The molecule has 3 aromatic rings. The molecule has 3 nitrogen and oxygen atoms in total. The normalized spacial score (nSPS) is 10.1. The third-order valence-electron chi connectivity index (χ3n) is 3.19. The number of aromatic nitrogens is 2. The minimum atomic E-state index is 0.875. The maximum absolute atomic E-state index is 4.26. The summed E-state index contributed by atoms with van der Waals surface area (Å²) in [7, 11) is 4.06. The SMILES string of the molecule is CN(C)c1ccc(C#Cc2ccnc3[nH]ccc23)cc1. The van der Waals surface area contributed by atoms with Gasteiger partial charge in [-0.25, -0.2) is 4.98 Å². The maximum Gasteiger partial charge on any atom is 0.138 e. The fraction of sp³-hybridized carbons (Fsp3) is 0.118. The number of aromatic amines is 1. The predicted molar refractivity (Wildman–Crippen MR) is 82.8 cm³/mol. The Hall–Kier alpha value is -2.73. The van der Waals surface area contributed by atoms with Gasteiger partial charge in [0.1, 0.15) is 5.65 Å². The molecule has 0 aliphatic carbocycles. The zero-order valence-corrected chi connectivity index (χ0v) is 11.5. The summed E-state index contributed by atoms with van der Waals surface area (Å²) in [5, 5.41) is 1.06. The summed E-state index contributed by atoms with van der Waals surface area (Å²) in [4.78, 5) is 9.43. The van der Waals surface area contributed by atoms with Gasteiger partial charge in [0.25, 0.3) is 0 Å². The molecule has 0 aliphatic heterocycles. The fourth-order valence-corrected chi connectivity index (χ4v) is 2.05. The molecule has 3 heteroatoms. The summed E-state index contributed by atoms with van der Waals surface area (Å²) in [6.07, 6.45) is 3.66. The molecule has 0 aliphatic rings. The van der Waals surface area contributed by atoms with Crippen molar-refractivity contribution in [1.29, 1.82) is 0 Å². The second kappa shape index (κ2) is 5.10. The van der Waals surface area contributed by atoms with Crippen molar-refractivity contribution in [3.05, 3.63) is 59.9 Å². The summed E-state index contributed by atoms with van der Waals surface area (Å²) in [5.41, 5.74) is 4.05. The molecule has 3 rings (SSSR count). The Balaban J connectivity index is 1.93. The summed E-state index contributed by atoms with van der Waals surface area (Å²) in [5.74, 6) is 6.41. The first-order valence-electron chi connectivity index (χ1n) is 6.45. The van der Waals surface area contributed by atoms with Crippen LogP contribution in [0.5, 0.6) is 0 Å². The van der Waals surface area contributed by atoms with Crippen LogP contribution in [0.1, 0.15) is 11.1 Å². The summed E-state index contributed by atoms with van der Waals surface area (Å²) >= 11 is 0. The van der Waals surface area contributed by atoms with Gasteiger partial charge in [0.2, 0.25) is 0 Å². The molecule has 0 saturated heterocycles. The van der Waals surface area contributed by atoms with Crippen LogP contribution >= 0.6 is 0 Å². The average Bonchev–Trinajstić information content (AvgIpc) is 2.94. The van der Waals surface area contributed by atoms with E-state index in [9.17, 15) is 0 Å². The van der Waals surface area contributed by atoms with Crippen molar-refractivity contribution in [3.63, 3.8) is 0 Å². The van der Waals surface area contributed by atoms with E-state index in [0.717, 1.165) is 22.2 Å². The van der Waals surface area contributed by atoms with E-state index in [1.165, 1.54) is 5.69 Å². The van der Waals surface area contributed by atoms with E-state index in [2.05, 4.69) is 38.8 Å². The Kier molecular flexibility index (Phi) is 3.14. The number of benzene rings is 1. The van der Waals surface area contributed by atoms with E-state index >= 15 is 0 Å². The van der Waals surface area contributed by atoms with Gasteiger partial charge in [0.05, 0.1) is 0 Å². The standard InChI is InChI=1S/C17H15N3/c1-20(2)15-7-4-13(5-8-15)3-6-14-9-11-18-17-16(14)10-12-19-17/h4-5,7-12H,1-2H3,(H,18,19). The molecule has 20 heavy (non-hydrogen) atoms. The van der Waals surface area contributed by atoms with Gasteiger partial charge < -0.3 is 9.88 Å². The zero-order chi connectivity index (χ0) is 13.9. The van der Waals surface area contributed by atoms with Crippen LogP contribution < -0.4 is 4.90 Å². The Morgan fingerprint density at radius 1 is 1.00 bits per heavy atom. The molecular formula is C17H15N3. The lowest BCUT2D eigenvalue weighted by molar-refractivity contribution is 1.13. The maximum atomic E-state index is 4.26. The molecule has 0 radical (unpaired) electrons. The molecule has 1 N–H and O–H groups in total.